The Bertz CT molecular complexity index is 428. The van der Waals surface area contributed by atoms with Crippen molar-refractivity contribution in [3.8, 4) is 0 Å². The Morgan fingerprint density at radius 3 is 2.45 bits per heavy atom. The number of hydrogen-bond acceptors (Lipinski definition) is 3. The minimum Gasteiger partial charge on any atom is -0.347 e. The lowest BCUT2D eigenvalue weighted by Crippen LogP contribution is -2.43. The van der Waals surface area contributed by atoms with E-state index >= 15 is 0 Å². The second kappa shape index (κ2) is 9.91. The number of halogens is 1. The molecule has 0 aromatic heterocycles. The van der Waals surface area contributed by atoms with Gasteiger partial charge in [0.05, 0.1) is 12.1 Å². The average Bonchev–Trinajstić information content (AvgIpc) is 2.38. The van der Waals surface area contributed by atoms with E-state index in [-0.39, 0.29) is 24.4 Å². The van der Waals surface area contributed by atoms with Crippen LogP contribution >= 0.6 is 12.4 Å². The minimum atomic E-state index is -0.985. The molecule has 0 saturated carbocycles. The number of nitrogens with two attached hydrogens (primary N) is 1. The summed E-state index contributed by atoms with van der Waals surface area (Å²) in [6.45, 7) is 1.99. The first-order valence-corrected chi connectivity index (χ1v) is 8.18. The van der Waals surface area contributed by atoms with E-state index in [0.717, 1.165) is 12.0 Å². The average molecular weight is 319 g/mol. The highest BCUT2D eigenvalue weighted by Gasteiger charge is 2.19. The first-order valence-electron chi connectivity index (χ1n) is 6.45. The molecule has 4 nitrogen and oxygen atoms in total. The zero-order valence-electron chi connectivity index (χ0n) is 11.9. The molecule has 0 bridgehead atoms. The molecule has 3 N–H and O–H groups in total. The Labute approximate surface area is 129 Å². The molecular formula is C14H23ClN2O2S. The van der Waals surface area contributed by atoms with Crippen LogP contribution in [0.5, 0.6) is 0 Å². The summed E-state index contributed by atoms with van der Waals surface area (Å²) in [7, 11) is -0.985. The molecule has 0 aliphatic heterocycles. The Hall–Kier alpha value is -0.910. The molecule has 3 unspecified atom stereocenters. The van der Waals surface area contributed by atoms with E-state index < -0.39 is 16.8 Å². The van der Waals surface area contributed by atoms with Crippen molar-refractivity contribution in [3.05, 3.63) is 35.9 Å². The van der Waals surface area contributed by atoms with E-state index in [1.54, 1.807) is 6.26 Å². The minimum absolute atomic E-state index is 0. The van der Waals surface area contributed by atoms with Crippen molar-refractivity contribution in [1.29, 1.82) is 0 Å². The first kappa shape index (κ1) is 19.1. The number of nitrogens with one attached hydrogen (secondary N) is 1. The molecule has 0 spiro atoms. The zero-order valence-corrected chi connectivity index (χ0v) is 13.5. The summed E-state index contributed by atoms with van der Waals surface area (Å²) in [4.78, 5) is 12.0. The van der Waals surface area contributed by atoms with E-state index in [2.05, 4.69) is 5.32 Å². The normalized spacial score (nSPS) is 14.8. The summed E-state index contributed by atoms with van der Waals surface area (Å²) in [5.74, 6) is 0.218. The Morgan fingerprint density at radius 1 is 1.35 bits per heavy atom. The summed E-state index contributed by atoms with van der Waals surface area (Å²) in [6, 6.07) is 8.81. The van der Waals surface area contributed by atoms with Crippen molar-refractivity contribution < 1.29 is 9.00 Å². The summed E-state index contributed by atoms with van der Waals surface area (Å²) in [5.41, 5.74) is 6.75. The topological polar surface area (TPSA) is 72.2 Å². The lowest BCUT2D eigenvalue weighted by molar-refractivity contribution is -0.123. The molecule has 0 radical (unpaired) electrons. The van der Waals surface area contributed by atoms with E-state index in [1.807, 2.05) is 37.3 Å². The third kappa shape index (κ3) is 6.50. The van der Waals surface area contributed by atoms with Gasteiger partial charge < -0.3 is 11.1 Å². The summed E-state index contributed by atoms with van der Waals surface area (Å²) in [6.07, 6.45) is 3.15. The molecule has 0 aliphatic carbocycles. The maximum absolute atomic E-state index is 12.0. The van der Waals surface area contributed by atoms with Crippen molar-refractivity contribution >= 4 is 29.1 Å². The molecule has 20 heavy (non-hydrogen) atoms. The van der Waals surface area contributed by atoms with Gasteiger partial charge in [0.15, 0.2) is 0 Å². The van der Waals surface area contributed by atoms with Gasteiger partial charge in [-0.2, -0.15) is 0 Å². The molecule has 114 valence electrons. The predicted molar refractivity (Wildman–Crippen MR) is 86.4 cm³/mol. The highest BCUT2D eigenvalue weighted by atomic mass is 35.5. The van der Waals surface area contributed by atoms with Gasteiger partial charge in [-0.1, -0.05) is 43.7 Å². The predicted octanol–water partition coefficient (Wildman–Crippen LogP) is 1.77. The van der Waals surface area contributed by atoms with Crippen molar-refractivity contribution in [2.75, 3.05) is 12.0 Å². The largest absolute Gasteiger partial charge is 0.347 e. The molecule has 1 amide bonds. The lowest BCUT2D eigenvalue weighted by atomic mass is 10.1. The standard InChI is InChI=1S/C14H22N2O2S.ClH/c1-3-7-12(15)14(17)16-13(10-19(2)18)11-8-5-4-6-9-11;/h4-6,8-9,12-13H,3,7,10,15H2,1-2H3,(H,16,17);1H. The van der Waals surface area contributed by atoms with Crippen LogP contribution in [0.25, 0.3) is 0 Å². The van der Waals surface area contributed by atoms with Gasteiger partial charge in [-0.15, -0.1) is 12.4 Å². The van der Waals surface area contributed by atoms with E-state index in [4.69, 9.17) is 5.73 Å². The number of hydrogen-bond donors (Lipinski definition) is 2. The smallest absolute Gasteiger partial charge is 0.237 e. The molecule has 0 saturated heterocycles. The van der Waals surface area contributed by atoms with Gasteiger partial charge in [0.25, 0.3) is 0 Å². The van der Waals surface area contributed by atoms with Crippen molar-refractivity contribution in [1.82, 2.24) is 5.32 Å². The number of rotatable bonds is 7. The van der Waals surface area contributed by atoms with E-state index in [1.165, 1.54) is 0 Å². The van der Waals surface area contributed by atoms with Crippen LogP contribution < -0.4 is 11.1 Å². The molecular weight excluding hydrogens is 296 g/mol. The fraction of sp³-hybridized carbons (Fsp3) is 0.500. The number of carbonyl (C=O) groups is 1. The van der Waals surface area contributed by atoms with E-state index in [9.17, 15) is 9.00 Å². The van der Waals surface area contributed by atoms with Gasteiger partial charge in [-0.05, 0) is 12.0 Å². The highest BCUT2D eigenvalue weighted by Crippen LogP contribution is 2.14. The van der Waals surface area contributed by atoms with Gasteiger partial charge in [-0.3, -0.25) is 9.00 Å². The second-order valence-electron chi connectivity index (χ2n) is 4.61. The number of carbonyl (C=O) groups excluding carboxylic acids is 1. The molecule has 0 fully saturated rings. The highest BCUT2D eigenvalue weighted by molar-refractivity contribution is 7.84. The van der Waals surface area contributed by atoms with Crippen LogP contribution in [0.15, 0.2) is 30.3 Å². The second-order valence-corrected chi connectivity index (χ2v) is 6.09. The maximum atomic E-state index is 12.0. The molecule has 6 heteroatoms. The van der Waals surface area contributed by atoms with Gasteiger partial charge >= 0.3 is 0 Å². The summed E-state index contributed by atoms with van der Waals surface area (Å²) < 4.78 is 11.4. The van der Waals surface area contributed by atoms with Crippen LogP contribution in [-0.4, -0.2) is 28.2 Å². The molecule has 1 aromatic rings. The van der Waals surface area contributed by atoms with Gasteiger partial charge in [-0.25, -0.2) is 0 Å². The zero-order chi connectivity index (χ0) is 14.3. The fourth-order valence-corrected chi connectivity index (χ4v) is 2.61. The quantitative estimate of drug-likeness (QED) is 0.805. The first-order chi connectivity index (χ1) is 9.04. The monoisotopic (exact) mass is 318 g/mol. The molecule has 1 rings (SSSR count). The van der Waals surface area contributed by atoms with E-state index in [0.29, 0.717) is 12.2 Å². The number of amides is 1. The van der Waals surface area contributed by atoms with Gasteiger partial charge in [0, 0.05) is 22.8 Å². The SMILES string of the molecule is CCCC(N)C(=O)NC(CS(C)=O)c1ccccc1.Cl. The van der Waals surface area contributed by atoms with Crippen LogP contribution in [0, 0.1) is 0 Å². The van der Waals surface area contributed by atoms with Crippen molar-refractivity contribution in [3.63, 3.8) is 0 Å². The van der Waals surface area contributed by atoms with Gasteiger partial charge in [0.2, 0.25) is 5.91 Å². The third-order valence-electron chi connectivity index (χ3n) is 2.86. The van der Waals surface area contributed by atoms with Crippen molar-refractivity contribution in [2.24, 2.45) is 5.73 Å². The Balaban J connectivity index is 0.00000361. The van der Waals surface area contributed by atoms with Crippen LogP contribution in [0.1, 0.15) is 31.4 Å². The molecule has 3 atom stereocenters. The maximum Gasteiger partial charge on any atom is 0.237 e. The lowest BCUT2D eigenvalue weighted by Gasteiger charge is -2.20. The van der Waals surface area contributed by atoms with Crippen LogP contribution in [-0.2, 0) is 15.6 Å². The van der Waals surface area contributed by atoms with Crippen LogP contribution in [0.3, 0.4) is 0 Å². The Kier molecular flexibility index (Phi) is 9.46. The van der Waals surface area contributed by atoms with Crippen LogP contribution in [0.4, 0.5) is 0 Å². The fourth-order valence-electron chi connectivity index (χ4n) is 1.86. The number of benzene rings is 1. The molecule has 0 aliphatic rings. The third-order valence-corrected chi connectivity index (χ3v) is 3.66. The summed E-state index contributed by atoms with van der Waals surface area (Å²) in [5, 5.41) is 2.89. The van der Waals surface area contributed by atoms with Crippen molar-refractivity contribution in [2.45, 2.75) is 31.8 Å². The van der Waals surface area contributed by atoms with Crippen LogP contribution in [0.2, 0.25) is 0 Å². The van der Waals surface area contributed by atoms with Gasteiger partial charge in [0.1, 0.15) is 0 Å². The molecule has 0 heterocycles. The molecule has 1 aromatic carbocycles. The summed E-state index contributed by atoms with van der Waals surface area (Å²) >= 11 is 0. The Morgan fingerprint density at radius 2 is 1.95 bits per heavy atom.